The Balaban J connectivity index is 1.72. The number of hydrogen-bond acceptors (Lipinski definition) is 4. The van der Waals surface area contributed by atoms with Crippen molar-refractivity contribution in [1.82, 2.24) is 9.78 Å². The van der Waals surface area contributed by atoms with Gasteiger partial charge in [-0.15, -0.1) is 0 Å². The fourth-order valence-corrected chi connectivity index (χ4v) is 2.80. The van der Waals surface area contributed by atoms with Gasteiger partial charge in [0, 0.05) is 30.0 Å². The van der Waals surface area contributed by atoms with Gasteiger partial charge in [0.05, 0.1) is 16.3 Å². The maximum absolute atomic E-state index is 10.8. The van der Waals surface area contributed by atoms with Crippen molar-refractivity contribution in [1.29, 1.82) is 0 Å². The molecule has 6 heteroatoms. The molecule has 0 aliphatic carbocycles. The van der Waals surface area contributed by atoms with Crippen LogP contribution in [-0.4, -0.2) is 20.9 Å². The van der Waals surface area contributed by atoms with E-state index >= 15 is 0 Å². The van der Waals surface area contributed by atoms with Crippen molar-refractivity contribution >= 4 is 17.7 Å². The zero-order valence-corrected chi connectivity index (χ0v) is 14.8. The lowest BCUT2D eigenvalue weighted by atomic mass is 10.2. The third-order valence-corrected chi connectivity index (χ3v) is 4.21. The van der Waals surface area contributed by atoms with Gasteiger partial charge in [-0.1, -0.05) is 48.5 Å². The molecule has 0 fully saturated rings. The lowest BCUT2D eigenvalue weighted by molar-refractivity contribution is -0.384. The molecule has 0 bridgehead atoms. The van der Waals surface area contributed by atoms with E-state index in [1.54, 1.807) is 23.0 Å². The summed E-state index contributed by atoms with van der Waals surface area (Å²) >= 11 is 0. The Bertz CT molecular complexity index is 1120. The summed E-state index contributed by atoms with van der Waals surface area (Å²) in [4.78, 5) is 15.0. The molecule has 0 radical (unpaired) electrons. The second-order valence-electron chi connectivity index (χ2n) is 6.11. The number of aromatic nitrogens is 2. The lowest BCUT2D eigenvalue weighted by Crippen LogP contribution is -1.96. The number of nitro groups is 1. The molecule has 4 aromatic rings. The van der Waals surface area contributed by atoms with E-state index in [0.29, 0.717) is 5.82 Å². The Morgan fingerprint density at radius 1 is 0.893 bits per heavy atom. The van der Waals surface area contributed by atoms with Crippen LogP contribution in [-0.2, 0) is 0 Å². The van der Waals surface area contributed by atoms with Gasteiger partial charge in [-0.05, 0) is 29.8 Å². The highest BCUT2D eigenvalue weighted by Gasteiger charge is 2.10. The molecular weight excluding hydrogens is 352 g/mol. The van der Waals surface area contributed by atoms with Crippen LogP contribution in [0.1, 0.15) is 5.56 Å². The van der Waals surface area contributed by atoms with Crippen molar-refractivity contribution in [2.75, 3.05) is 0 Å². The summed E-state index contributed by atoms with van der Waals surface area (Å²) in [6, 6.07) is 27.9. The van der Waals surface area contributed by atoms with E-state index < -0.39 is 4.92 Å². The first-order valence-electron chi connectivity index (χ1n) is 8.70. The number of hydrogen-bond donors (Lipinski definition) is 0. The highest BCUT2D eigenvalue weighted by molar-refractivity contribution is 5.82. The predicted molar refractivity (Wildman–Crippen MR) is 109 cm³/mol. The molecule has 28 heavy (non-hydrogen) atoms. The summed E-state index contributed by atoms with van der Waals surface area (Å²) in [7, 11) is 0. The number of non-ortho nitro benzene ring substituents is 1. The van der Waals surface area contributed by atoms with Gasteiger partial charge >= 0.3 is 0 Å². The average molecular weight is 368 g/mol. The standard InChI is InChI=1S/C22H16N4O2/c27-26(28)20-13-11-17(12-14-20)16-23-22-15-21(18-7-3-1-4-8-18)24-25(22)19-9-5-2-6-10-19/h1-16H/b23-16+. The fraction of sp³-hybridized carbons (Fsp3) is 0. The zero-order valence-electron chi connectivity index (χ0n) is 14.8. The Morgan fingerprint density at radius 2 is 1.54 bits per heavy atom. The van der Waals surface area contributed by atoms with Gasteiger partial charge in [-0.2, -0.15) is 5.10 Å². The fourth-order valence-electron chi connectivity index (χ4n) is 2.80. The molecule has 0 saturated carbocycles. The molecule has 0 spiro atoms. The first-order chi connectivity index (χ1) is 13.7. The van der Waals surface area contributed by atoms with E-state index in [9.17, 15) is 10.1 Å². The Kier molecular flexibility index (Phi) is 4.76. The number of benzene rings is 3. The smallest absolute Gasteiger partial charge is 0.258 e. The maximum atomic E-state index is 10.8. The van der Waals surface area contributed by atoms with Crippen LogP contribution in [0.3, 0.4) is 0 Å². The molecule has 6 nitrogen and oxygen atoms in total. The topological polar surface area (TPSA) is 73.3 Å². The van der Waals surface area contributed by atoms with Crippen LogP contribution in [0.5, 0.6) is 0 Å². The molecule has 0 amide bonds. The normalized spacial score (nSPS) is 11.0. The molecule has 0 aliphatic rings. The van der Waals surface area contributed by atoms with Crippen molar-refractivity contribution in [3.05, 3.63) is 107 Å². The Morgan fingerprint density at radius 3 is 2.18 bits per heavy atom. The minimum absolute atomic E-state index is 0.0536. The molecule has 0 N–H and O–H groups in total. The van der Waals surface area contributed by atoms with E-state index in [2.05, 4.69) is 4.99 Å². The largest absolute Gasteiger partial charge is 0.269 e. The van der Waals surface area contributed by atoms with Gasteiger partial charge in [0.2, 0.25) is 0 Å². The van der Waals surface area contributed by atoms with E-state index in [-0.39, 0.29) is 5.69 Å². The zero-order chi connectivity index (χ0) is 19.3. The van der Waals surface area contributed by atoms with Crippen LogP contribution in [0.25, 0.3) is 16.9 Å². The molecule has 3 aromatic carbocycles. The lowest BCUT2D eigenvalue weighted by Gasteiger charge is -2.03. The van der Waals surface area contributed by atoms with Crippen LogP contribution in [0.2, 0.25) is 0 Å². The van der Waals surface area contributed by atoms with Crippen molar-refractivity contribution in [3.63, 3.8) is 0 Å². The first-order valence-corrected chi connectivity index (χ1v) is 8.70. The monoisotopic (exact) mass is 368 g/mol. The summed E-state index contributed by atoms with van der Waals surface area (Å²) in [5.41, 5.74) is 3.55. The van der Waals surface area contributed by atoms with Crippen LogP contribution in [0.4, 0.5) is 11.5 Å². The van der Waals surface area contributed by atoms with Gasteiger partial charge in [0.1, 0.15) is 0 Å². The minimum Gasteiger partial charge on any atom is -0.258 e. The molecule has 1 heterocycles. The van der Waals surface area contributed by atoms with Crippen LogP contribution in [0, 0.1) is 10.1 Å². The van der Waals surface area contributed by atoms with Gasteiger partial charge in [0.15, 0.2) is 5.82 Å². The van der Waals surface area contributed by atoms with Crippen LogP contribution < -0.4 is 0 Å². The second kappa shape index (κ2) is 7.67. The summed E-state index contributed by atoms with van der Waals surface area (Å²) in [5.74, 6) is 0.670. The van der Waals surface area contributed by atoms with Crippen molar-refractivity contribution < 1.29 is 4.92 Å². The van der Waals surface area contributed by atoms with Crippen LogP contribution >= 0.6 is 0 Å². The SMILES string of the molecule is O=[N+]([O-])c1ccc(/C=N/c2cc(-c3ccccc3)nn2-c2ccccc2)cc1. The van der Waals surface area contributed by atoms with E-state index in [4.69, 9.17) is 5.10 Å². The third-order valence-electron chi connectivity index (χ3n) is 4.21. The molecule has 0 unspecified atom stereocenters. The van der Waals surface area contributed by atoms with Crippen molar-refractivity contribution in [2.24, 2.45) is 4.99 Å². The Hall–Kier alpha value is -4.06. The number of para-hydroxylation sites is 1. The quantitative estimate of drug-likeness (QED) is 0.276. The van der Waals surface area contributed by atoms with E-state index in [1.165, 1.54) is 12.1 Å². The predicted octanol–water partition coefficient (Wildman–Crippen LogP) is 5.20. The summed E-state index contributed by atoms with van der Waals surface area (Å²) < 4.78 is 1.78. The van der Waals surface area contributed by atoms with Gasteiger partial charge in [-0.3, -0.25) is 10.1 Å². The van der Waals surface area contributed by atoms with E-state index in [0.717, 1.165) is 22.5 Å². The third kappa shape index (κ3) is 3.71. The highest BCUT2D eigenvalue weighted by Crippen LogP contribution is 2.26. The van der Waals surface area contributed by atoms with Crippen molar-refractivity contribution in [3.8, 4) is 16.9 Å². The van der Waals surface area contributed by atoms with Gasteiger partial charge < -0.3 is 0 Å². The summed E-state index contributed by atoms with van der Waals surface area (Å²) in [6.07, 6.45) is 1.68. The number of rotatable bonds is 5. The van der Waals surface area contributed by atoms with Crippen molar-refractivity contribution in [2.45, 2.75) is 0 Å². The van der Waals surface area contributed by atoms with Gasteiger partial charge in [0.25, 0.3) is 5.69 Å². The maximum Gasteiger partial charge on any atom is 0.269 e. The molecule has 4 rings (SSSR count). The van der Waals surface area contributed by atoms with E-state index in [1.807, 2.05) is 66.7 Å². The highest BCUT2D eigenvalue weighted by atomic mass is 16.6. The average Bonchev–Trinajstić information content (AvgIpc) is 3.18. The molecule has 0 atom stereocenters. The molecule has 1 aromatic heterocycles. The minimum atomic E-state index is -0.419. The molecular formula is C22H16N4O2. The second-order valence-corrected chi connectivity index (χ2v) is 6.11. The molecule has 0 aliphatic heterocycles. The number of nitrogens with zero attached hydrogens (tertiary/aromatic N) is 4. The number of nitro benzene ring substituents is 1. The van der Waals surface area contributed by atoms with Crippen LogP contribution in [0.15, 0.2) is 96.0 Å². The molecule has 0 saturated heterocycles. The molecule has 136 valence electrons. The summed E-state index contributed by atoms with van der Waals surface area (Å²) in [6.45, 7) is 0. The summed E-state index contributed by atoms with van der Waals surface area (Å²) in [5, 5.41) is 15.5. The van der Waals surface area contributed by atoms with Gasteiger partial charge in [-0.25, -0.2) is 9.67 Å². The Labute approximate surface area is 161 Å². The first kappa shape index (κ1) is 17.4. The number of aliphatic imine (C=N–C) groups is 1.